The number of anilines is 1. The Morgan fingerprint density at radius 1 is 1.10 bits per heavy atom. The first kappa shape index (κ1) is 13.7. The first-order chi connectivity index (χ1) is 9.91. The molecule has 8 heteroatoms. The summed E-state index contributed by atoms with van der Waals surface area (Å²) in [6.07, 6.45) is -4.42. The van der Waals surface area contributed by atoms with Gasteiger partial charge in [-0.3, -0.25) is 0 Å². The SMILES string of the molecule is Nc1cc(Cc2nc3ccccc3s2)nc(C(F)(F)F)n1. The Morgan fingerprint density at radius 2 is 1.86 bits per heavy atom. The van der Waals surface area contributed by atoms with E-state index in [1.807, 2.05) is 24.3 Å². The van der Waals surface area contributed by atoms with E-state index in [4.69, 9.17) is 5.73 Å². The van der Waals surface area contributed by atoms with Crippen LogP contribution in [0.4, 0.5) is 19.0 Å². The minimum atomic E-state index is -4.61. The van der Waals surface area contributed by atoms with Crippen LogP contribution in [0, 0.1) is 0 Å². The zero-order chi connectivity index (χ0) is 15.0. The van der Waals surface area contributed by atoms with Crippen LogP contribution in [0.5, 0.6) is 0 Å². The molecule has 0 aliphatic carbocycles. The zero-order valence-electron chi connectivity index (χ0n) is 10.6. The number of hydrogen-bond donors (Lipinski definition) is 1. The summed E-state index contributed by atoms with van der Waals surface area (Å²) in [6.45, 7) is 0. The summed E-state index contributed by atoms with van der Waals surface area (Å²) in [5.74, 6) is -1.42. The number of hydrogen-bond acceptors (Lipinski definition) is 5. The van der Waals surface area contributed by atoms with Gasteiger partial charge in [-0.05, 0) is 12.1 Å². The number of thiazole rings is 1. The highest BCUT2D eigenvalue weighted by atomic mass is 32.1. The van der Waals surface area contributed by atoms with Gasteiger partial charge in [-0.15, -0.1) is 11.3 Å². The van der Waals surface area contributed by atoms with Crippen molar-refractivity contribution in [1.82, 2.24) is 15.0 Å². The molecule has 2 N–H and O–H groups in total. The fourth-order valence-electron chi connectivity index (χ4n) is 1.89. The lowest BCUT2D eigenvalue weighted by molar-refractivity contribution is -0.145. The van der Waals surface area contributed by atoms with E-state index in [2.05, 4.69) is 15.0 Å². The van der Waals surface area contributed by atoms with E-state index in [0.717, 1.165) is 10.2 Å². The molecule has 0 unspecified atom stereocenters. The van der Waals surface area contributed by atoms with Crippen molar-refractivity contribution in [2.75, 3.05) is 5.73 Å². The number of para-hydroxylation sites is 1. The Labute approximate surface area is 121 Å². The lowest BCUT2D eigenvalue weighted by atomic mass is 10.3. The zero-order valence-corrected chi connectivity index (χ0v) is 11.4. The molecule has 0 spiro atoms. The second-order valence-electron chi connectivity index (χ2n) is 4.36. The molecular formula is C13H9F3N4S. The third-order valence-electron chi connectivity index (χ3n) is 2.72. The number of benzene rings is 1. The monoisotopic (exact) mass is 310 g/mol. The number of alkyl halides is 3. The van der Waals surface area contributed by atoms with Gasteiger partial charge in [-0.2, -0.15) is 13.2 Å². The number of halogens is 3. The van der Waals surface area contributed by atoms with Crippen molar-refractivity contribution in [2.24, 2.45) is 0 Å². The average molecular weight is 310 g/mol. The van der Waals surface area contributed by atoms with Crippen molar-refractivity contribution in [3.8, 4) is 0 Å². The van der Waals surface area contributed by atoms with Gasteiger partial charge in [0.2, 0.25) is 5.82 Å². The predicted octanol–water partition coefficient (Wildman–Crippen LogP) is 3.28. The maximum Gasteiger partial charge on any atom is 0.451 e. The summed E-state index contributed by atoms with van der Waals surface area (Å²) >= 11 is 1.42. The molecule has 0 saturated carbocycles. The highest BCUT2D eigenvalue weighted by Gasteiger charge is 2.35. The molecule has 0 radical (unpaired) electrons. The minimum absolute atomic E-state index is 0.190. The fraction of sp³-hybridized carbons (Fsp3) is 0.154. The third-order valence-corrected chi connectivity index (χ3v) is 3.76. The van der Waals surface area contributed by atoms with Crippen molar-refractivity contribution in [3.63, 3.8) is 0 Å². The van der Waals surface area contributed by atoms with Crippen LogP contribution >= 0.6 is 11.3 Å². The molecule has 2 aromatic heterocycles. The summed E-state index contributed by atoms with van der Waals surface area (Å²) in [4.78, 5) is 11.1. The lowest BCUT2D eigenvalue weighted by Crippen LogP contribution is -2.14. The van der Waals surface area contributed by atoms with Crippen LogP contribution in [0.15, 0.2) is 30.3 Å². The first-order valence-electron chi connectivity index (χ1n) is 5.97. The number of rotatable bonds is 2. The quantitative estimate of drug-likeness (QED) is 0.789. The van der Waals surface area contributed by atoms with Crippen LogP contribution in [0.3, 0.4) is 0 Å². The van der Waals surface area contributed by atoms with E-state index in [-0.39, 0.29) is 17.9 Å². The molecule has 0 saturated heterocycles. The average Bonchev–Trinajstić information content (AvgIpc) is 2.79. The molecule has 3 aromatic rings. The predicted molar refractivity (Wildman–Crippen MR) is 73.9 cm³/mol. The smallest absolute Gasteiger partial charge is 0.384 e. The standard InChI is InChI=1S/C13H9F3N4S/c14-13(15,16)12-18-7(5-10(17)20-12)6-11-19-8-3-1-2-4-9(8)21-11/h1-5H,6H2,(H2,17,18,20). The van der Waals surface area contributed by atoms with E-state index in [1.165, 1.54) is 17.4 Å². The molecule has 1 aromatic carbocycles. The molecule has 0 amide bonds. The van der Waals surface area contributed by atoms with E-state index < -0.39 is 12.0 Å². The topological polar surface area (TPSA) is 64.7 Å². The Balaban J connectivity index is 1.95. The number of nitrogens with two attached hydrogens (primary N) is 1. The summed E-state index contributed by atoms with van der Waals surface area (Å²) in [5.41, 5.74) is 6.43. The molecule has 108 valence electrons. The Morgan fingerprint density at radius 3 is 2.57 bits per heavy atom. The molecule has 0 aliphatic heterocycles. The van der Waals surface area contributed by atoms with Crippen LogP contribution in [0.2, 0.25) is 0 Å². The molecule has 0 bridgehead atoms. The maximum atomic E-state index is 12.7. The third kappa shape index (κ3) is 2.94. The minimum Gasteiger partial charge on any atom is -0.384 e. The second-order valence-corrected chi connectivity index (χ2v) is 5.47. The highest BCUT2D eigenvalue weighted by molar-refractivity contribution is 7.18. The van der Waals surface area contributed by atoms with Gasteiger partial charge < -0.3 is 5.73 Å². The summed E-state index contributed by atoms with van der Waals surface area (Å²) in [5, 5.41) is 0.683. The first-order valence-corrected chi connectivity index (χ1v) is 6.78. The van der Waals surface area contributed by atoms with E-state index in [0.29, 0.717) is 5.01 Å². The molecule has 4 nitrogen and oxygen atoms in total. The molecule has 0 fully saturated rings. The fourth-order valence-corrected chi connectivity index (χ4v) is 2.87. The van der Waals surface area contributed by atoms with E-state index in [1.54, 1.807) is 0 Å². The Hall–Kier alpha value is -2.22. The van der Waals surface area contributed by atoms with Crippen molar-refractivity contribution in [3.05, 3.63) is 46.9 Å². The molecule has 21 heavy (non-hydrogen) atoms. The molecule has 0 atom stereocenters. The van der Waals surface area contributed by atoms with Crippen LogP contribution in [-0.2, 0) is 12.6 Å². The van der Waals surface area contributed by atoms with Crippen LogP contribution in [-0.4, -0.2) is 15.0 Å². The van der Waals surface area contributed by atoms with Gasteiger partial charge in [0.05, 0.1) is 20.9 Å². The summed E-state index contributed by atoms with van der Waals surface area (Å²) in [6, 6.07) is 8.84. The molecule has 0 aliphatic rings. The van der Waals surface area contributed by atoms with E-state index >= 15 is 0 Å². The summed E-state index contributed by atoms with van der Waals surface area (Å²) < 4.78 is 39.0. The van der Waals surface area contributed by atoms with Gasteiger partial charge in [-0.1, -0.05) is 12.1 Å². The molecule has 2 heterocycles. The Kier molecular flexibility index (Phi) is 3.25. The van der Waals surface area contributed by atoms with Gasteiger partial charge >= 0.3 is 6.18 Å². The van der Waals surface area contributed by atoms with Gasteiger partial charge in [-0.25, -0.2) is 15.0 Å². The van der Waals surface area contributed by atoms with Crippen LogP contribution in [0.1, 0.15) is 16.5 Å². The second kappa shape index (κ2) is 4.96. The van der Waals surface area contributed by atoms with Crippen molar-refractivity contribution in [2.45, 2.75) is 12.6 Å². The van der Waals surface area contributed by atoms with Crippen molar-refractivity contribution < 1.29 is 13.2 Å². The number of fused-ring (bicyclic) bond motifs is 1. The highest BCUT2D eigenvalue weighted by Crippen LogP contribution is 2.28. The van der Waals surface area contributed by atoms with Crippen LogP contribution < -0.4 is 5.73 Å². The Bertz CT molecular complexity index is 764. The maximum absolute atomic E-state index is 12.7. The summed E-state index contributed by atoms with van der Waals surface area (Å²) in [7, 11) is 0. The van der Waals surface area contributed by atoms with Gasteiger partial charge in [0.25, 0.3) is 0 Å². The van der Waals surface area contributed by atoms with E-state index in [9.17, 15) is 13.2 Å². The lowest BCUT2D eigenvalue weighted by Gasteiger charge is -2.07. The van der Waals surface area contributed by atoms with Crippen molar-refractivity contribution in [1.29, 1.82) is 0 Å². The van der Waals surface area contributed by atoms with Crippen LogP contribution in [0.25, 0.3) is 10.2 Å². The van der Waals surface area contributed by atoms with Gasteiger partial charge in [0.1, 0.15) is 5.82 Å². The largest absolute Gasteiger partial charge is 0.451 e. The molecular weight excluding hydrogens is 301 g/mol. The molecule has 3 rings (SSSR count). The normalized spacial score (nSPS) is 12.0. The number of aromatic nitrogens is 3. The van der Waals surface area contributed by atoms with Crippen molar-refractivity contribution >= 4 is 27.4 Å². The van der Waals surface area contributed by atoms with Gasteiger partial charge in [0, 0.05) is 12.5 Å². The number of nitrogen functional groups attached to an aromatic ring is 1. The number of nitrogens with zero attached hydrogens (tertiary/aromatic N) is 3. The van der Waals surface area contributed by atoms with Gasteiger partial charge in [0.15, 0.2) is 0 Å².